The summed E-state index contributed by atoms with van der Waals surface area (Å²) in [4.78, 5) is 6.92. The van der Waals surface area contributed by atoms with Gasteiger partial charge in [0, 0.05) is 32.7 Å². The van der Waals surface area contributed by atoms with E-state index in [1.54, 1.807) is 0 Å². The second-order valence-electron chi connectivity index (χ2n) is 7.79. The minimum Gasteiger partial charge on any atom is -0.379 e. The van der Waals surface area contributed by atoms with Gasteiger partial charge in [0.25, 0.3) is 0 Å². The number of guanidine groups is 1. The molecule has 1 aromatic rings. The Balaban J connectivity index is 1.59. The summed E-state index contributed by atoms with van der Waals surface area (Å²) in [7, 11) is -3.28. The maximum absolute atomic E-state index is 12.5. The highest BCUT2D eigenvalue weighted by Crippen LogP contribution is 2.32. The number of hydrogen-bond donors (Lipinski definition) is 1. The van der Waals surface area contributed by atoms with Gasteiger partial charge in [0.15, 0.2) is 5.96 Å². The van der Waals surface area contributed by atoms with Crippen LogP contribution in [0.4, 0.5) is 0 Å². The average Bonchev–Trinajstić information content (AvgIpc) is 2.74. The molecule has 2 saturated heterocycles. The highest BCUT2D eigenvalue weighted by atomic mass is 32.2. The molecule has 0 aromatic heterocycles. The fourth-order valence-corrected chi connectivity index (χ4v) is 5.47. The molecule has 0 bridgehead atoms. The molecule has 1 N–H and O–H groups in total. The van der Waals surface area contributed by atoms with E-state index in [1.807, 2.05) is 6.92 Å². The van der Waals surface area contributed by atoms with Crippen molar-refractivity contribution in [2.45, 2.75) is 26.2 Å². The summed E-state index contributed by atoms with van der Waals surface area (Å²) in [5.41, 5.74) is 1.40. The molecule has 2 heterocycles. The molecule has 0 radical (unpaired) electrons. The molecule has 7 nitrogen and oxygen atoms in total. The predicted octanol–water partition coefficient (Wildman–Crippen LogP) is 1.74. The molecule has 0 aliphatic carbocycles. The van der Waals surface area contributed by atoms with Gasteiger partial charge in [-0.2, -0.15) is 4.31 Å². The molecule has 0 spiro atoms. The number of benzene rings is 1. The second-order valence-corrected chi connectivity index (χ2v) is 9.88. The van der Waals surface area contributed by atoms with Crippen molar-refractivity contribution in [2.75, 3.05) is 58.2 Å². The normalized spacial score (nSPS) is 24.5. The first-order chi connectivity index (χ1) is 14.0. The van der Waals surface area contributed by atoms with Crippen molar-refractivity contribution in [2.24, 2.45) is 10.9 Å². The number of ether oxygens (including phenoxy) is 1. The van der Waals surface area contributed by atoms with Crippen LogP contribution in [0.15, 0.2) is 35.3 Å². The Bertz CT molecular complexity index is 763. The third kappa shape index (κ3) is 5.93. The van der Waals surface area contributed by atoms with E-state index in [2.05, 4.69) is 52.5 Å². The summed E-state index contributed by atoms with van der Waals surface area (Å²) in [6.07, 6.45) is 1.07. The summed E-state index contributed by atoms with van der Waals surface area (Å²) < 4.78 is 31.8. The fourth-order valence-electron chi connectivity index (χ4n) is 4.18. The number of likely N-dealkylation sites (tertiary alicyclic amines) is 1. The van der Waals surface area contributed by atoms with Gasteiger partial charge in [-0.1, -0.05) is 37.3 Å². The lowest BCUT2D eigenvalue weighted by atomic mass is 9.82. The molecule has 1 aromatic carbocycles. The van der Waals surface area contributed by atoms with Crippen LogP contribution in [-0.4, -0.2) is 81.8 Å². The first-order valence-electron chi connectivity index (χ1n) is 10.6. The zero-order valence-electron chi connectivity index (χ0n) is 17.6. The van der Waals surface area contributed by atoms with Crippen molar-refractivity contribution in [3.63, 3.8) is 0 Å². The average molecular weight is 423 g/mol. The van der Waals surface area contributed by atoms with Gasteiger partial charge in [-0.15, -0.1) is 0 Å². The molecular formula is C21H34N4O3S. The van der Waals surface area contributed by atoms with E-state index in [0.29, 0.717) is 38.1 Å². The van der Waals surface area contributed by atoms with E-state index < -0.39 is 10.0 Å². The Hall–Kier alpha value is -1.64. The number of hydrogen-bond acceptors (Lipinski definition) is 4. The van der Waals surface area contributed by atoms with E-state index in [0.717, 1.165) is 32.0 Å². The van der Waals surface area contributed by atoms with Crippen molar-refractivity contribution in [3.05, 3.63) is 35.9 Å². The highest BCUT2D eigenvalue weighted by molar-refractivity contribution is 7.89. The lowest BCUT2D eigenvalue weighted by Crippen LogP contribution is -2.48. The molecule has 2 unspecified atom stereocenters. The number of nitrogens with zero attached hydrogens (tertiary/aromatic N) is 3. The van der Waals surface area contributed by atoms with Crippen LogP contribution in [0.5, 0.6) is 0 Å². The zero-order valence-corrected chi connectivity index (χ0v) is 18.4. The van der Waals surface area contributed by atoms with E-state index in [9.17, 15) is 8.42 Å². The van der Waals surface area contributed by atoms with E-state index in [4.69, 9.17) is 4.74 Å². The number of piperidine rings is 1. The van der Waals surface area contributed by atoms with Crippen molar-refractivity contribution in [3.8, 4) is 0 Å². The van der Waals surface area contributed by atoms with Crippen LogP contribution in [0.25, 0.3) is 0 Å². The third-order valence-electron chi connectivity index (χ3n) is 5.74. The number of nitrogens with one attached hydrogen (secondary N) is 1. The van der Waals surface area contributed by atoms with Gasteiger partial charge in [0.2, 0.25) is 10.0 Å². The van der Waals surface area contributed by atoms with Crippen LogP contribution in [0.3, 0.4) is 0 Å². The Labute approximate surface area is 175 Å². The topological polar surface area (TPSA) is 74.2 Å². The molecule has 2 aliphatic heterocycles. The molecule has 29 heavy (non-hydrogen) atoms. The smallest absolute Gasteiger partial charge is 0.216 e. The van der Waals surface area contributed by atoms with Crippen molar-refractivity contribution < 1.29 is 13.2 Å². The maximum Gasteiger partial charge on any atom is 0.216 e. The largest absolute Gasteiger partial charge is 0.379 e. The Morgan fingerprint density at radius 3 is 2.59 bits per heavy atom. The van der Waals surface area contributed by atoms with Gasteiger partial charge in [-0.25, -0.2) is 8.42 Å². The van der Waals surface area contributed by atoms with Crippen LogP contribution in [0.2, 0.25) is 0 Å². The second kappa shape index (κ2) is 10.4. The lowest BCUT2D eigenvalue weighted by Gasteiger charge is -2.39. The van der Waals surface area contributed by atoms with Crippen molar-refractivity contribution in [1.29, 1.82) is 0 Å². The molecule has 162 valence electrons. The first kappa shape index (κ1) is 22.1. The molecule has 0 amide bonds. The van der Waals surface area contributed by atoms with Crippen LogP contribution >= 0.6 is 0 Å². The molecule has 2 fully saturated rings. The van der Waals surface area contributed by atoms with Gasteiger partial charge in [-0.05, 0) is 30.7 Å². The summed E-state index contributed by atoms with van der Waals surface area (Å²) in [6.45, 7) is 9.03. The summed E-state index contributed by atoms with van der Waals surface area (Å²) in [6, 6.07) is 10.7. The Morgan fingerprint density at radius 2 is 1.93 bits per heavy atom. The SMILES string of the molecule is CCNC(=NCCS(=O)(=O)N1CCOCC1)N1CCC(c2ccccc2)C(C)C1. The maximum atomic E-state index is 12.5. The minimum absolute atomic E-state index is 0.0396. The summed E-state index contributed by atoms with van der Waals surface area (Å²) in [5, 5.41) is 3.34. The van der Waals surface area contributed by atoms with Gasteiger partial charge in [0.1, 0.15) is 0 Å². The molecule has 8 heteroatoms. The van der Waals surface area contributed by atoms with Crippen LogP contribution < -0.4 is 5.32 Å². The summed E-state index contributed by atoms with van der Waals surface area (Å²) in [5.74, 6) is 1.92. The molecule has 2 atom stereocenters. The molecule has 0 saturated carbocycles. The van der Waals surface area contributed by atoms with Crippen LogP contribution in [0, 0.1) is 5.92 Å². The quantitative estimate of drug-likeness (QED) is 0.558. The number of aliphatic imine (C=N–C) groups is 1. The third-order valence-corrected chi connectivity index (χ3v) is 7.59. The standard InChI is InChI=1S/C21H34N4O3S/c1-3-22-21(23-10-16-29(26,27)25-12-14-28-15-13-25)24-11-9-20(18(2)17-24)19-7-5-4-6-8-19/h4-8,18,20H,3,9-17H2,1-2H3,(H,22,23). The highest BCUT2D eigenvalue weighted by Gasteiger charge is 2.29. The Kier molecular flexibility index (Phi) is 7.91. The van der Waals surface area contributed by atoms with Crippen molar-refractivity contribution in [1.82, 2.24) is 14.5 Å². The fraction of sp³-hybridized carbons (Fsp3) is 0.667. The Morgan fingerprint density at radius 1 is 1.21 bits per heavy atom. The van der Waals surface area contributed by atoms with Crippen LogP contribution in [0.1, 0.15) is 31.7 Å². The number of morpholine rings is 1. The van der Waals surface area contributed by atoms with Gasteiger partial charge in [-0.3, -0.25) is 4.99 Å². The molecule has 2 aliphatic rings. The predicted molar refractivity (Wildman–Crippen MR) is 117 cm³/mol. The lowest BCUT2D eigenvalue weighted by molar-refractivity contribution is 0.0731. The van der Waals surface area contributed by atoms with Gasteiger partial charge >= 0.3 is 0 Å². The van der Waals surface area contributed by atoms with E-state index >= 15 is 0 Å². The van der Waals surface area contributed by atoms with Crippen molar-refractivity contribution >= 4 is 16.0 Å². The summed E-state index contributed by atoms with van der Waals surface area (Å²) >= 11 is 0. The number of rotatable bonds is 6. The molecular weight excluding hydrogens is 388 g/mol. The van der Waals surface area contributed by atoms with E-state index in [1.165, 1.54) is 9.87 Å². The monoisotopic (exact) mass is 422 g/mol. The molecule has 3 rings (SSSR count). The number of sulfonamides is 1. The van der Waals surface area contributed by atoms with Gasteiger partial charge < -0.3 is 15.0 Å². The zero-order chi connectivity index (χ0) is 20.7. The van der Waals surface area contributed by atoms with Gasteiger partial charge in [0.05, 0.1) is 25.5 Å². The minimum atomic E-state index is -3.28. The first-order valence-corrected chi connectivity index (χ1v) is 12.3. The van der Waals surface area contributed by atoms with E-state index in [-0.39, 0.29) is 12.3 Å². The van der Waals surface area contributed by atoms with Crippen LogP contribution in [-0.2, 0) is 14.8 Å².